The van der Waals surface area contributed by atoms with Crippen molar-refractivity contribution in [3.05, 3.63) is 40.6 Å². The molecule has 1 aliphatic rings. The van der Waals surface area contributed by atoms with Gasteiger partial charge in [-0.25, -0.2) is 9.97 Å². The van der Waals surface area contributed by atoms with E-state index in [2.05, 4.69) is 31.2 Å². The Bertz CT molecular complexity index is 1060. The van der Waals surface area contributed by atoms with Crippen LogP contribution in [0.15, 0.2) is 29.2 Å². The van der Waals surface area contributed by atoms with E-state index < -0.39 is 0 Å². The fourth-order valence-corrected chi connectivity index (χ4v) is 4.68. The predicted molar refractivity (Wildman–Crippen MR) is 109 cm³/mol. The summed E-state index contributed by atoms with van der Waals surface area (Å²) < 4.78 is 6.23. The van der Waals surface area contributed by atoms with Crippen molar-refractivity contribution in [3.63, 3.8) is 0 Å². The van der Waals surface area contributed by atoms with E-state index in [1.807, 2.05) is 34.6 Å². The SMILES string of the molecule is Cc1cc(Nc2cc(C3CCCNC3)nc3c(-c4cscn4)cnn23)sn1. The Hall–Kier alpha value is -2.36. The van der Waals surface area contributed by atoms with Gasteiger partial charge in [0.15, 0.2) is 5.65 Å². The summed E-state index contributed by atoms with van der Waals surface area (Å²) >= 11 is 3.03. The maximum Gasteiger partial charge on any atom is 0.167 e. The van der Waals surface area contributed by atoms with Crippen LogP contribution in [0.1, 0.15) is 30.1 Å². The summed E-state index contributed by atoms with van der Waals surface area (Å²) in [6, 6.07) is 4.17. The topological polar surface area (TPSA) is 80.0 Å². The fraction of sp³-hybridized carbons (Fsp3) is 0.333. The first-order valence-corrected chi connectivity index (χ1v) is 10.7. The molecule has 0 saturated carbocycles. The van der Waals surface area contributed by atoms with E-state index in [9.17, 15) is 0 Å². The molecule has 7 nitrogen and oxygen atoms in total. The predicted octanol–water partition coefficient (Wildman–Crippen LogP) is 3.83. The Morgan fingerprint density at radius 2 is 2.30 bits per heavy atom. The molecule has 0 aliphatic carbocycles. The molecule has 9 heteroatoms. The molecular weight excluding hydrogens is 378 g/mol. The zero-order valence-corrected chi connectivity index (χ0v) is 16.5. The minimum atomic E-state index is 0.408. The van der Waals surface area contributed by atoms with Gasteiger partial charge in [0.05, 0.1) is 34.4 Å². The zero-order chi connectivity index (χ0) is 18.2. The molecule has 0 radical (unpaired) electrons. The minimum absolute atomic E-state index is 0.408. The fourth-order valence-electron chi connectivity index (χ4n) is 3.46. The number of fused-ring (bicyclic) bond motifs is 1. The molecule has 1 fully saturated rings. The monoisotopic (exact) mass is 397 g/mol. The Labute approximate surface area is 164 Å². The maximum absolute atomic E-state index is 5.00. The summed E-state index contributed by atoms with van der Waals surface area (Å²) in [5.74, 6) is 1.32. The Balaban J connectivity index is 1.64. The van der Waals surface area contributed by atoms with E-state index >= 15 is 0 Å². The van der Waals surface area contributed by atoms with Crippen LogP contribution in [0.5, 0.6) is 0 Å². The first-order chi connectivity index (χ1) is 13.3. The minimum Gasteiger partial charge on any atom is -0.331 e. The largest absolute Gasteiger partial charge is 0.331 e. The van der Waals surface area contributed by atoms with E-state index in [-0.39, 0.29) is 0 Å². The molecule has 5 heterocycles. The molecule has 1 unspecified atom stereocenters. The van der Waals surface area contributed by atoms with Gasteiger partial charge in [0.2, 0.25) is 0 Å². The lowest BCUT2D eigenvalue weighted by Gasteiger charge is -2.23. The molecule has 4 aromatic rings. The van der Waals surface area contributed by atoms with Crippen molar-refractivity contribution in [1.82, 2.24) is 29.3 Å². The van der Waals surface area contributed by atoms with Crippen molar-refractivity contribution >= 4 is 39.3 Å². The first kappa shape index (κ1) is 16.8. The Kier molecular flexibility index (Phi) is 4.35. The van der Waals surface area contributed by atoms with E-state index in [4.69, 9.17) is 4.98 Å². The average molecular weight is 398 g/mol. The van der Waals surface area contributed by atoms with Crippen molar-refractivity contribution in [2.45, 2.75) is 25.7 Å². The summed E-state index contributed by atoms with van der Waals surface area (Å²) in [7, 11) is 0. The third-order valence-electron chi connectivity index (χ3n) is 4.79. The van der Waals surface area contributed by atoms with Gasteiger partial charge in [-0.1, -0.05) is 0 Å². The number of aryl methyl sites for hydroxylation is 1. The van der Waals surface area contributed by atoms with E-state index in [0.29, 0.717) is 5.92 Å². The molecule has 1 atom stereocenters. The number of thiazole rings is 1. The van der Waals surface area contributed by atoms with Crippen LogP contribution >= 0.6 is 22.9 Å². The van der Waals surface area contributed by atoms with Crippen molar-refractivity contribution in [3.8, 4) is 11.3 Å². The quantitative estimate of drug-likeness (QED) is 0.545. The lowest BCUT2D eigenvalue weighted by molar-refractivity contribution is 0.455. The molecule has 27 heavy (non-hydrogen) atoms. The van der Waals surface area contributed by atoms with Gasteiger partial charge in [-0.05, 0) is 43.9 Å². The van der Waals surface area contributed by atoms with Crippen LogP contribution in [-0.4, -0.2) is 37.0 Å². The second-order valence-corrected chi connectivity index (χ2v) is 8.26. The molecule has 5 rings (SSSR count). The summed E-state index contributed by atoms with van der Waals surface area (Å²) in [5.41, 5.74) is 6.66. The van der Waals surface area contributed by atoms with Crippen LogP contribution in [0.3, 0.4) is 0 Å². The standard InChI is InChI=1S/C18H19N7S2/c1-11-5-17(27-24-11)23-16-6-14(12-3-2-4-19-7-12)22-18-13(8-21-25(16)18)15-9-26-10-20-15/h5-6,8-10,12,19,23H,2-4,7H2,1H3. The highest BCUT2D eigenvalue weighted by Crippen LogP contribution is 2.31. The molecule has 2 N–H and O–H groups in total. The summed E-state index contributed by atoms with van der Waals surface area (Å²) in [5, 5.41) is 14.6. The third kappa shape index (κ3) is 3.22. The number of aromatic nitrogens is 5. The highest BCUT2D eigenvalue weighted by molar-refractivity contribution is 7.10. The van der Waals surface area contributed by atoms with Crippen molar-refractivity contribution in [1.29, 1.82) is 0 Å². The molecule has 0 aromatic carbocycles. The van der Waals surface area contributed by atoms with Gasteiger partial charge in [0, 0.05) is 23.9 Å². The summed E-state index contributed by atoms with van der Waals surface area (Å²) in [4.78, 5) is 9.45. The lowest BCUT2D eigenvalue weighted by atomic mass is 9.96. The van der Waals surface area contributed by atoms with Crippen LogP contribution in [0, 0.1) is 6.92 Å². The first-order valence-electron chi connectivity index (χ1n) is 8.96. The number of piperidine rings is 1. The molecule has 1 saturated heterocycles. The van der Waals surface area contributed by atoms with E-state index in [0.717, 1.165) is 58.6 Å². The van der Waals surface area contributed by atoms with Gasteiger partial charge in [0.1, 0.15) is 10.8 Å². The third-order valence-corrected chi connectivity index (χ3v) is 6.18. The van der Waals surface area contributed by atoms with Crippen LogP contribution in [0.2, 0.25) is 0 Å². The van der Waals surface area contributed by atoms with Crippen molar-refractivity contribution < 1.29 is 0 Å². The molecular formula is C18H19N7S2. The number of nitrogens with one attached hydrogen (secondary N) is 2. The van der Waals surface area contributed by atoms with Crippen molar-refractivity contribution in [2.24, 2.45) is 0 Å². The molecule has 138 valence electrons. The second kappa shape index (κ2) is 6.99. The maximum atomic E-state index is 5.00. The highest BCUT2D eigenvalue weighted by atomic mass is 32.1. The molecule has 1 aliphatic heterocycles. The smallest absolute Gasteiger partial charge is 0.167 e. The van der Waals surface area contributed by atoms with Crippen LogP contribution in [0.25, 0.3) is 16.9 Å². The van der Waals surface area contributed by atoms with E-state index in [1.165, 1.54) is 18.0 Å². The van der Waals surface area contributed by atoms with Gasteiger partial charge >= 0.3 is 0 Å². The highest BCUT2D eigenvalue weighted by Gasteiger charge is 2.21. The van der Waals surface area contributed by atoms with Crippen LogP contribution in [-0.2, 0) is 0 Å². The average Bonchev–Trinajstić information content (AvgIpc) is 3.43. The lowest BCUT2D eigenvalue weighted by Crippen LogP contribution is -2.29. The summed E-state index contributed by atoms with van der Waals surface area (Å²) in [6.45, 7) is 4.04. The number of rotatable bonds is 4. The Morgan fingerprint density at radius 3 is 3.04 bits per heavy atom. The molecule has 0 bridgehead atoms. The van der Waals surface area contributed by atoms with Gasteiger partial charge in [0.25, 0.3) is 0 Å². The number of hydrogen-bond acceptors (Lipinski definition) is 8. The zero-order valence-electron chi connectivity index (χ0n) is 14.8. The Morgan fingerprint density at radius 1 is 1.33 bits per heavy atom. The van der Waals surface area contributed by atoms with Gasteiger partial charge in [-0.2, -0.15) is 14.0 Å². The van der Waals surface area contributed by atoms with Crippen LogP contribution < -0.4 is 10.6 Å². The van der Waals surface area contributed by atoms with Gasteiger partial charge in [-0.15, -0.1) is 11.3 Å². The molecule has 0 amide bonds. The normalized spacial score (nSPS) is 17.4. The number of anilines is 2. The number of nitrogens with zero attached hydrogens (tertiary/aromatic N) is 5. The summed E-state index contributed by atoms with van der Waals surface area (Å²) in [6.07, 6.45) is 4.17. The number of hydrogen-bond donors (Lipinski definition) is 2. The van der Waals surface area contributed by atoms with Crippen molar-refractivity contribution in [2.75, 3.05) is 18.4 Å². The van der Waals surface area contributed by atoms with E-state index in [1.54, 1.807) is 11.3 Å². The van der Waals surface area contributed by atoms with Crippen LogP contribution in [0.4, 0.5) is 10.8 Å². The van der Waals surface area contributed by atoms with Gasteiger partial charge in [-0.3, -0.25) is 0 Å². The second-order valence-electron chi connectivity index (χ2n) is 6.73. The molecule has 0 spiro atoms. The van der Waals surface area contributed by atoms with Gasteiger partial charge < -0.3 is 10.6 Å². The molecule has 4 aromatic heterocycles.